The molecule has 2 aromatic rings. The molecular weight excluding hydrogens is 366 g/mol. The zero-order valence-electron chi connectivity index (χ0n) is 15.3. The second-order valence-electron chi connectivity index (χ2n) is 5.39. The third-order valence-corrected chi connectivity index (χ3v) is 3.64. The Kier molecular flexibility index (Phi) is 7.57. The molecule has 0 saturated carbocycles. The monoisotopic (exact) mass is 387 g/mol. The zero-order chi connectivity index (χ0) is 19.6. The van der Waals surface area contributed by atoms with Crippen molar-refractivity contribution in [2.24, 2.45) is 5.10 Å². The van der Waals surface area contributed by atoms with Crippen LogP contribution >= 0.6 is 12.2 Å². The van der Waals surface area contributed by atoms with Crippen LogP contribution in [0.5, 0.6) is 17.2 Å². The Balaban J connectivity index is 2.01. The van der Waals surface area contributed by atoms with Gasteiger partial charge in [-0.25, -0.2) is 0 Å². The van der Waals surface area contributed by atoms with Gasteiger partial charge in [-0.15, -0.1) is 0 Å². The van der Waals surface area contributed by atoms with Crippen molar-refractivity contribution in [3.8, 4) is 17.2 Å². The minimum atomic E-state index is -0.468. The molecule has 0 saturated heterocycles. The molecule has 0 fully saturated rings. The summed E-state index contributed by atoms with van der Waals surface area (Å²) < 4.78 is 15.7. The predicted molar refractivity (Wildman–Crippen MR) is 107 cm³/mol. The van der Waals surface area contributed by atoms with E-state index in [1.54, 1.807) is 18.3 Å². The highest BCUT2D eigenvalue weighted by molar-refractivity contribution is 7.80. The molecule has 8 heteroatoms. The Morgan fingerprint density at radius 1 is 1.15 bits per heavy atom. The lowest BCUT2D eigenvalue weighted by Crippen LogP contribution is -2.31. The van der Waals surface area contributed by atoms with Gasteiger partial charge in [-0.3, -0.25) is 10.2 Å². The number of nitrogens with zero attached hydrogens (tertiary/aromatic N) is 1. The average Bonchev–Trinajstić information content (AvgIpc) is 2.67. The number of benzene rings is 2. The third kappa shape index (κ3) is 6.27. The summed E-state index contributed by atoms with van der Waals surface area (Å²) in [6.45, 7) is 1.91. The average molecular weight is 387 g/mol. The smallest absolute Gasteiger partial charge is 0.308 e. The van der Waals surface area contributed by atoms with Crippen molar-refractivity contribution in [2.45, 2.75) is 13.5 Å². The number of carbonyl (C=O) groups excluding carboxylic acids is 1. The van der Waals surface area contributed by atoms with E-state index in [4.69, 9.17) is 26.4 Å². The maximum absolute atomic E-state index is 11.3. The van der Waals surface area contributed by atoms with E-state index in [0.717, 1.165) is 5.56 Å². The third-order valence-electron chi connectivity index (χ3n) is 3.40. The largest absolute Gasteiger partial charge is 0.493 e. The van der Waals surface area contributed by atoms with Crippen LogP contribution in [0.2, 0.25) is 0 Å². The highest BCUT2D eigenvalue weighted by Crippen LogP contribution is 2.38. The topological polar surface area (TPSA) is 81.2 Å². The molecular formula is C19H21N3O4S. The van der Waals surface area contributed by atoms with Crippen LogP contribution in [0.1, 0.15) is 18.1 Å². The van der Waals surface area contributed by atoms with Gasteiger partial charge in [0.25, 0.3) is 0 Å². The number of rotatable bonds is 7. The summed E-state index contributed by atoms with van der Waals surface area (Å²) in [5.41, 5.74) is 4.54. The van der Waals surface area contributed by atoms with Crippen LogP contribution in [-0.2, 0) is 11.3 Å². The molecule has 142 valence electrons. The van der Waals surface area contributed by atoms with Crippen LogP contribution in [0.15, 0.2) is 47.6 Å². The molecule has 0 radical (unpaired) electrons. The second-order valence-corrected chi connectivity index (χ2v) is 5.79. The first-order valence-electron chi connectivity index (χ1n) is 8.08. The first-order valence-corrected chi connectivity index (χ1v) is 8.49. The molecule has 2 aromatic carbocycles. The Morgan fingerprint density at radius 2 is 1.78 bits per heavy atom. The van der Waals surface area contributed by atoms with Gasteiger partial charge in [0.2, 0.25) is 5.75 Å². The Bertz CT molecular complexity index is 800. The lowest BCUT2D eigenvalue weighted by atomic mass is 10.2. The number of esters is 1. The molecule has 2 rings (SSSR count). The van der Waals surface area contributed by atoms with Crippen molar-refractivity contribution in [3.63, 3.8) is 0 Å². The SMILES string of the molecule is COc1cc(/C=N/NC(=S)NCc2ccccc2)cc(OC)c1OC(C)=O. The molecule has 0 amide bonds. The number of hydrogen-bond acceptors (Lipinski definition) is 6. The van der Waals surface area contributed by atoms with Crippen molar-refractivity contribution in [1.29, 1.82) is 0 Å². The van der Waals surface area contributed by atoms with Crippen LogP contribution in [0.4, 0.5) is 0 Å². The predicted octanol–water partition coefficient (Wildman–Crippen LogP) is 2.63. The molecule has 0 unspecified atom stereocenters. The molecule has 0 bridgehead atoms. The molecule has 0 aromatic heterocycles. The number of hydrogen-bond donors (Lipinski definition) is 2. The van der Waals surface area contributed by atoms with E-state index in [9.17, 15) is 4.79 Å². The van der Waals surface area contributed by atoms with Crippen molar-refractivity contribution >= 4 is 29.5 Å². The minimum Gasteiger partial charge on any atom is -0.493 e. The molecule has 2 N–H and O–H groups in total. The summed E-state index contributed by atoms with van der Waals surface area (Å²) in [6.07, 6.45) is 1.55. The van der Waals surface area contributed by atoms with Gasteiger partial charge in [-0.1, -0.05) is 30.3 Å². The molecule has 0 aliphatic heterocycles. The van der Waals surface area contributed by atoms with E-state index >= 15 is 0 Å². The van der Waals surface area contributed by atoms with E-state index < -0.39 is 5.97 Å². The van der Waals surface area contributed by atoms with Crippen LogP contribution in [0.3, 0.4) is 0 Å². The Labute approximate surface area is 163 Å². The molecule has 0 aliphatic carbocycles. The van der Waals surface area contributed by atoms with E-state index in [-0.39, 0.29) is 5.75 Å². The van der Waals surface area contributed by atoms with Crippen molar-refractivity contribution in [2.75, 3.05) is 14.2 Å². The fraction of sp³-hybridized carbons (Fsp3) is 0.211. The highest BCUT2D eigenvalue weighted by Gasteiger charge is 2.15. The van der Waals surface area contributed by atoms with Crippen molar-refractivity contribution < 1.29 is 19.0 Å². The standard InChI is InChI=1S/C19H21N3O4S/c1-13(23)26-18-16(24-2)9-15(10-17(18)25-3)12-21-22-19(27)20-11-14-7-5-4-6-8-14/h4-10,12H,11H2,1-3H3,(H2,20,22,27)/b21-12+. The Morgan fingerprint density at radius 3 is 2.33 bits per heavy atom. The van der Waals surface area contributed by atoms with Crippen LogP contribution in [0, 0.1) is 0 Å². The summed E-state index contributed by atoms with van der Waals surface area (Å²) in [6, 6.07) is 13.2. The summed E-state index contributed by atoms with van der Waals surface area (Å²) in [4.78, 5) is 11.3. The van der Waals surface area contributed by atoms with Gasteiger partial charge in [0, 0.05) is 19.0 Å². The van der Waals surface area contributed by atoms with Crippen LogP contribution < -0.4 is 25.0 Å². The van der Waals surface area contributed by atoms with Gasteiger partial charge >= 0.3 is 5.97 Å². The minimum absolute atomic E-state index is 0.220. The van der Waals surface area contributed by atoms with Gasteiger partial charge in [0.05, 0.1) is 20.4 Å². The number of thiocarbonyl (C=S) groups is 1. The molecule has 0 atom stereocenters. The first-order chi connectivity index (χ1) is 13.0. The molecule has 27 heavy (non-hydrogen) atoms. The van der Waals surface area contributed by atoms with Gasteiger partial charge < -0.3 is 19.5 Å². The summed E-state index contributed by atoms with van der Waals surface area (Å²) in [5.74, 6) is 0.466. The van der Waals surface area contributed by atoms with Crippen molar-refractivity contribution in [1.82, 2.24) is 10.7 Å². The maximum Gasteiger partial charge on any atom is 0.308 e. The van der Waals surface area contributed by atoms with Crippen LogP contribution in [0.25, 0.3) is 0 Å². The van der Waals surface area contributed by atoms with E-state index in [1.165, 1.54) is 21.1 Å². The summed E-state index contributed by atoms with van der Waals surface area (Å²) in [7, 11) is 2.95. The molecule has 7 nitrogen and oxygen atoms in total. The van der Waals surface area contributed by atoms with Gasteiger partial charge in [-0.05, 0) is 29.9 Å². The lowest BCUT2D eigenvalue weighted by molar-refractivity contribution is -0.132. The molecule has 0 aliphatic rings. The van der Waals surface area contributed by atoms with Gasteiger partial charge in [0.1, 0.15) is 0 Å². The van der Waals surface area contributed by atoms with E-state index in [1.807, 2.05) is 30.3 Å². The van der Waals surface area contributed by atoms with Crippen molar-refractivity contribution in [3.05, 3.63) is 53.6 Å². The summed E-state index contributed by atoms with van der Waals surface area (Å²) >= 11 is 5.19. The van der Waals surface area contributed by atoms with E-state index in [0.29, 0.717) is 28.7 Å². The van der Waals surface area contributed by atoms with Gasteiger partial charge in [-0.2, -0.15) is 5.10 Å². The number of nitrogens with one attached hydrogen (secondary N) is 2. The number of carbonyl (C=O) groups is 1. The zero-order valence-corrected chi connectivity index (χ0v) is 16.1. The first kappa shape index (κ1) is 20.2. The van der Waals surface area contributed by atoms with E-state index in [2.05, 4.69) is 15.8 Å². The number of hydrazone groups is 1. The normalized spacial score (nSPS) is 10.3. The molecule has 0 spiro atoms. The number of methoxy groups -OCH3 is 2. The fourth-order valence-electron chi connectivity index (χ4n) is 2.20. The summed E-state index contributed by atoms with van der Waals surface area (Å²) in [5, 5.41) is 7.55. The Hall–Kier alpha value is -3.13. The van der Waals surface area contributed by atoms with Crippen LogP contribution in [-0.4, -0.2) is 31.5 Å². The second kappa shape index (κ2) is 10.1. The maximum atomic E-state index is 11.3. The highest BCUT2D eigenvalue weighted by atomic mass is 32.1. The lowest BCUT2D eigenvalue weighted by Gasteiger charge is -2.13. The molecule has 0 heterocycles. The number of ether oxygens (including phenoxy) is 3. The van der Waals surface area contributed by atoms with Gasteiger partial charge in [0.15, 0.2) is 16.6 Å². The fourth-order valence-corrected chi connectivity index (χ4v) is 2.33. The quantitative estimate of drug-likeness (QED) is 0.248.